The minimum absolute atomic E-state index is 0.191. The van der Waals surface area contributed by atoms with Crippen LogP contribution in [0.3, 0.4) is 0 Å². The molecule has 1 atom stereocenters. The molecule has 1 aromatic carbocycles. The Kier molecular flexibility index (Phi) is 5.17. The van der Waals surface area contributed by atoms with Crippen LogP contribution in [0.1, 0.15) is 12.8 Å². The summed E-state index contributed by atoms with van der Waals surface area (Å²) in [6.07, 6.45) is 2.84. The molecule has 0 radical (unpaired) electrons. The lowest BCUT2D eigenvalue weighted by atomic mass is 10.1. The number of rotatable bonds is 5. The van der Waals surface area contributed by atoms with Gasteiger partial charge < -0.3 is 9.84 Å². The van der Waals surface area contributed by atoms with Gasteiger partial charge in [-0.2, -0.15) is 4.31 Å². The molecular weight excluding hydrogens is 408 g/mol. The highest BCUT2D eigenvalue weighted by molar-refractivity contribution is 7.91. The van der Waals surface area contributed by atoms with Crippen LogP contribution < -0.4 is 5.32 Å². The Balaban J connectivity index is 1.49. The van der Waals surface area contributed by atoms with Crippen molar-refractivity contribution in [1.82, 2.24) is 9.46 Å². The van der Waals surface area contributed by atoms with E-state index in [2.05, 4.69) is 10.5 Å². The molecule has 1 aliphatic rings. The van der Waals surface area contributed by atoms with Crippen LogP contribution in [0.2, 0.25) is 0 Å². The Morgan fingerprint density at radius 1 is 1.18 bits per heavy atom. The lowest BCUT2D eigenvalue weighted by molar-refractivity contribution is 0.327. The number of hydrogen-bond acceptors (Lipinski definition) is 6. The molecule has 3 heterocycles. The van der Waals surface area contributed by atoms with Crippen LogP contribution in [0.4, 0.5) is 14.5 Å². The maximum absolute atomic E-state index is 13.4. The van der Waals surface area contributed by atoms with Crippen LogP contribution in [0.25, 0.3) is 10.6 Å². The van der Waals surface area contributed by atoms with E-state index in [9.17, 15) is 17.2 Å². The van der Waals surface area contributed by atoms with Crippen molar-refractivity contribution in [3.63, 3.8) is 0 Å². The minimum Gasteiger partial charge on any atom is -0.381 e. The molecule has 1 aliphatic heterocycles. The summed E-state index contributed by atoms with van der Waals surface area (Å²) in [6, 6.07) is 8.31. The number of hydrogen-bond donors (Lipinski definition) is 1. The number of aromatic nitrogens is 1. The SMILES string of the molecule is O=S(=O)(c1ccc(-c2ccon2)s1)N1CCC[C@@H](Nc2ccc(F)c(F)c2)C1. The first-order chi connectivity index (χ1) is 13.4. The summed E-state index contributed by atoms with van der Waals surface area (Å²) in [6.45, 7) is 0.661. The predicted octanol–water partition coefficient (Wildman–Crippen LogP) is 3.95. The highest BCUT2D eigenvalue weighted by Gasteiger charge is 2.31. The Hall–Kier alpha value is -2.30. The van der Waals surface area contributed by atoms with Crippen LogP contribution >= 0.6 is 11.3 Å². The van der Waals surface area contributed by atoms with Gasteiger partial charge in [-0.25, -0.2) is 17.2 Å². The number of halogens is 2. The molecule has 0 saturated carbocycles. The summed E-state index contributed by atoms with van der Waals surface area (Å²) in [5, 5.41) is 6.92. The van der Waals surface area contributed by atoms with Crippen molar-refractivity contribution < 1.29 is 21.7 Å². The topological polar surface area (TPSA) is 75.4 Å². The second-order valence-corrected chi connectivity index (χ2v) is 9.73. The summed E-state index contributed by atoms with van der Waals surface area (Å²) in [5.41, 5.74) is 1.01. The second kappa shape index (κ2) is 7.61. The monoisotopic (exact) mass is 425 g/mol. The molecule has 28 heavy (non-hydrogen) atoms. The predicted molar refractivity (Wildman–Crippen MR) is 102 cm³/mol. The molecule has 2 aromatic heterocycles. The third-order valence-electron chi connectivity index (χ3n) is 4.54. The molecule has 10 heteroatoms. The van der Waals surface area contributed by atoms with Crippen molar-refractivity contribution in [2.24, 2.45) is 0 Å². The summed E-state index contributed by atoms with van der Waals surface area (Å²) in [7, 11) is -3.65. The van der Waals surface area contributed by atoms with Gasteiger partial charge in [0, 0.05) is 37.0 Å². The first-order valence-electron chi connectivity index (χ1n) is 8.66. The van der Waals surface area contributed by atoms with Gasteiger partial charge in [-0.3, -0.25) is 0 Å². The van der Waals surface area contributed by atoms with Crippen LogP contribution in [-0.2, 0) is 10.0 Å². The lowest BCUT2D eigenvalue weighted by Gasteiger charge is -2.32. The van der Waals surface area contributed by atoms with Gasteiger partial charge in [0.2, 0.25) is 0 Å². The molecule has 0 spiro atoms. The smallest absolute Gasteiger partial charge is 0.252 e. The van der Waals surface area contributed by atoms with E-state index in [4.69, 9.17) is 4.52 Å². The first-order valence-corrected chi connectivity index (χ1v) is 10.9. The number of piperidine rings is 1. The molecule has 0 aliphatic carbocycles. The van der Waals surface area contributed by atoms with Crippen molar-refractivity contribution in [3.05, 3.63) is 54.3 Å². The first kappa shape index (κ1) is 19.0. The van der Waals surface area contributed by atoms with E-state index >= 15 is 0 Å². The van der Waals surface area contributed by atoms with Gasteiger partial charge >= 0.3 is 0 Å². The third kappa shape index (κ3) is 3.80. The van der Waals surface area contributed by atoms with Gasteiger partial charge in [-0.1, -0.05) is 5.16 Å². The third-order valence-corrected chi connectivity index (χ3v) is 7.98. The summed E-state index contributed by atoms with van der Waals surface area (Å²) in [5.74, 6) is -1.86. The highest BCUT2D eigenvalue weighted by atomic mass is 32.2. The number of anilines is 1. The van der Waals surface area contributed by atoms with Crippen molar-refractivity contribution >= 4 is 27.0 Å². The quantitative estimate of drug-likeness (QED) is 0.670. The average molecular weight is 425 g/mol. The Bertz CT molecular complexity index is 1070. The number of benzene rings is 1. The van der Waals surface area contributed by atoms with E-state index in [0.29, 0.717) is 29.2 Å². The zero-order valence-electron chi connectivity index (χ0n) is 14.6. The van der Waals surface area contributed by atoms with Gasteiger partial charge in [0.05, 0.1) is 4.88 Å². The fourth-order valence-corrected chi connectivity index (χ4v) is 6.11. The normalized spacial score (nSPS) is 18.3. The van der Waals surface area contributed by atoms with Crippen molar-refractivity contribution in [2.75, 3.05) is 18.4 Å². The van der Waals surface area contributed by atoms with Crippen LogP contribution in [0.5, 0.6) is 0 Å². The number of nitrogens with zero attached hydrogens (tertiary/aromatic N) is 2. The van der Waals surface area contributed by atoms with Crippen molar-refractivity contribution in [1.29, 1.82) is 0 Å². The molecule has 3 aromatic rings. The van der Waals surface area contributed by atoms with Crippen molar-refractivity contribution in [2.45, 2.75) is 23.1 Å². The average Bonchev–Trinajstić information content (AvgIpc) is 3.36. The summed E-state index contributed by atoms with van der Waals surface area (Å²) >= 11 is 1.14. The molecule has 148 valence electrons. The number of sulfonamides is 1. The largest absolute Gasteiger partial charge is 0.381 e. The fraction of sp³-hybridized carbons (Fsp3) is 0.278. The van der Waals surface area contributed by atoms with Crippen molar-refractivity contribution in [3.8, 4) is 10.6 Å². The highest BCUT2D eigenvalue weighted by Crippen LogP contribution is 2.32. The zero-order chi connectivity index (χ0) is 19.7. The number of thiophene rings is 1. The standard InChI is InChI=1S/C18H17F2N3O3S2/c19-14-4-3-12(10-15(14)20)21-13-2-1-8-23(11-13)28(24,25)18-6-5-17(27-18)16-7-9-26-22-16/h3-7,9-10,13,21H,1-2,8,11H2/t13-/m1/s1. The van der Waals surface area contributed by atoms with Crippen LogP contribution in [0.15, 0.2) is 51.4 Å². The molecule has 0 bridgehead atoms. The minimum atomic E-state index is -3.65. The van der Waals surface area contributed by atoms with E-state index in [1.807, 2.05) is 0 Å². The van der Waals surface area contributed by atoms with Gasteiger partial charge in [0.1, 0.15) is 16.2 Å². The molecule has 0 amide bonds. The molecule has 6 nitrogen and oxygen atoms in total. The molecule has 4 rings (SSSR count). The summed E-state index contributed by atoms with van der Waals surface area (Å²) in [4.78, 5) is 0.709. The van der Waals surface area contributed by atoms with E-state index in [1.54, 1.807) is 18.2 Å². The molecule has 1 fully saturated rings. The fourth-order valence-electron chi connectivity index (χ4n) is 3.16. The van der Waals surface area contributed by atoms with E-state index < -0.39 is 21.7 Å². The molecular formula is C18H17F2N3O3S2. The maximum atomic E-state index is 13.4. The molecule has 1 saturated heterocycles. The maximum Gasteiger partial charge on any atom is 0.252 e. The van der Waals surface area contributed by atoms with E-state index in [-0.39, 0.29) is 16.8 Å². The van der Waals surface area contributed by atoms with E-state index in [1.165, 1.54) is 16.6 Å². The Morgan fingerprint density at radius 3 is 2.79 bits per heavy atom. The van der Waals surface area contributed by atoms with Gasteiger partial charge in [0.15, 0.2) is 11.6 Å². The lowest BCUT2D eigenvalue weighted by Crippen LogP contribution is -2.44. The van der Waals surface area contributed by atoms with Crippen LogP contribution in [-0.4, -0.2) is 37.0 Å². The Morgan fingerprint density at radius 2 is 2.04 bits per heavy atom. The zero-order valence-corrected chi connectivity index (χ0v) is 16.3. The second-order valence-electron chi connectivity index (χ2n) is 6.48. The van der Waals surface area contributed by atoms with E-state index in [0.717, 1.165) is 29.9 Å². The number of nitrogens with one attached hydrogen (secondary N) is 1. The Labute approximate surface area is 164 Å². The van der Waals surface area contributed by atoms with Crippen LogP contribution in [0, 0.1) is 11.6 Å². The van der Waals surface area contributed by atoms with Gasteiger partial charge in [-0.15, -0.1) is 11.3 Å². The van der Waals surface area contributed by atoms with Gasteiger partial charge in [-0.05, 0) is 37.1 Å². The molecule has 0 unspecified atom stereocenters. The summed E-state index contributed by atoms with van der Waals surface area (Å²) < 4.78 is 59.0. The molecule has 1 N–H and O–H groups in total. The van der Waals surface area contributed by atoms with Gasteiger partial charge in [0.25, 0.3) is 10.0 Å².